The third kappa shape index (κ3) is 5.27. The molecule has 0 spiro atoms. The van der Waals surface area contributed by atoms with Crippen LogP contribution in [-0.2, 0) is 4.79 Å². The van der Waals surface area contributed by atoms with Crippen LogP contribution in [0.25, 0.3) is 0 Å². The van der Waals surface area contributed by atoms with Gasteiger partial charge in [-0.2, -0.15) is 0 Å². The Bertz CT molecular complexity index is 576. The number of rotatable bonds is 9. The Kier molecular flexibility index (Phi) is 8.04. The molecular formula is C18H28N2O5. The highest BCUT2D eigenvalue weighted by atomic mass is 16.5. The predicted molar refractivity (Wildman–Crippen MR) is 95.6 cm³/mol. The smallest absolute Gasteiger partial charge is 0.254 e. The fraction of sp³-hybridized carbons (Fsp3) is 0.556. The fourth-order valence-corrected chi connectivity index (χ4v) is 2.50. The van der Waals surface area contributed by atoms with Gasteiger partial charge in [0, 0.05) is 31.6 Å². The van der Waals surface area contributed by atoms with Crippen LogP contribution >= 0.6 is 0 Å². The van der Waals surface area contributed by atoms with Gasteiger partial charge in [0.1, 0.15) is 0 Å². The van der Waals surface area contributed by atoms with Crippen molar-refractivity contribution in [3.63, 3.8) is 0 Å². The summed E-state index contributed by atoms with van der Waals surface area (Å²) in [5.74, 6) is 1.12. The van der Waals surface area contributed by atoms with E-state index in [0.29, 0.717) is 42.2 Å². The van der Waals surface area contributed by atoms with Gasteiger partial charge in [-0.15, -0.1) is 0 Å². The summed E-state index contributed by atoms with van der Waals surface area (Å²) in [6, 6.07) is 3.27. The molecule has 7 heteroatoms. The average molecular weight is 352 g/mol. The lowest BCUT2D eigenvalue weighted by Gasteiger charge is -2.27. The molecule has 140 valence electrons. The van der Waals surface area contributed by atoms with Crippen molar-refractivity contribution in [2.75, 3.05) is 34.9 Å². The highest BCUT2D eigenvalue weighted by Crippen LogP contribution is 2.38. The van der Waals surface area contributed by atoms with E-state index in [9.17, 15) is 9.59 Å². The van der Waals surface area contributed by atoms with E-state index >= 15 is 0 Å². The van der Waals surface area contributed by atoms with Crippen molar-refractivity contribution in [1.82, 2.24) is 10.2 Å². The quantitative estimate of drug-likeness (QED) is 0.736. The third-order valence-electron chi connectivity index (χ3n) is 3.88. The van der Waals surface area contributed by atoms with Gasteiger partial charge in [0.15, 0.2) is 11.5 Å². The van der Waals surface area contributed by atoms with Crippen LogP contribution < -0.4 is 19.5 Å². The number of amides is 2. The highest BCUT2D eigenvalue weighted by molar-refractivity contribution is 5.96. The molecule has 0 saturated heterocycles. The molecule has 0 atom stereocenters. The summed E-state index contributed by atoms with van der Waals surface area (Å²) in [6.07, 6.45) is 0.969. The minimum absolute atomic E-state index is 0.00345. The first-order chi connectivity index (χ1) is 11.9. The van der Waals surface area contributed by atoms with Crippen molar-refractivity contribution in [1.29, 1.82) is 0 Å². The maximum atomic E-state index is 12.9. The molecule has 1 N–H and O–H groups in total. The van der Waals surface area contributed by atoms with Gasteiger partial charge < -0.3 is 24.4 Å². The molecule has 1 aromatic carbocycles. The SMILES string of the molecule is CNC(=O)CCCN(C(=O)c1cc(OC)c(OC)c(OC)c1)C(C)C. The lowest BCUT2D eigenvalue weighted by molar-refractivity contribution is -0.120. The standard InChI is InChI=1S/C18H28N2O5/c1-12(2)20(9-7-8-16(21)19-3)18(22)13-10-14(23-4)17(25-6)15(11-13)24-5/h10-12H,7-9H2,1-6H3,(H,19,21). The second-order valence-electron chi connectivity index (χ2n) is 5.78. The van der Waals surface area contributed by atoms with Crippen molar-refractivity contribution in [2.24, 2.45) is 0 Å². The monoisotopic (exact) mass is 352 g/mol. The molecule has 0 heterocycles. The summed E-state index contributed by atoms with van der Waals surface area (Å²) in [4.78, 5) is 26.0. The molecule has 0 aliphatic rings. The van der Waals surface area contributed by atoms with Gasteiger partial charge in [-0.25, -0.2) is 0 Å². The summed E-state index contributed by atoms with van der Waals surface area (Å²) in [5, 5.41) is 2.58. The Morgan fingerprint density at radius 3 is 2.04 bits per heavy atom. The number of benzene rings is 1. The minimum Gasteiger partial charge on any atom is -0.493 e. The van der Waals surface area contributed by atoms with Crippen molar-refractivity contribution in [3.8, 4) is 17.2 Å². The fourth-order valence-electron chi connectivity index (χ4n) is 2.50. The second kappa shape index (κ2) is 9.76. The number of ether oxygens (including phenoxy) is 3. The molecule has 0 saturated carbocycles. The van der Waals surface area contributed by atoms with Crippen LogP contribution in [0.2, 0.25) is 0 Å². The summed E-state index contributed by atoms with van der Waals surface area (Å²) in [5.41, 5.74) is 0.447. The number of hydrogen-bond acceptors (Lipinski definition) is 5. The van der Waals surface area contributed by atoms with Crippen LogP contribution in [0, 0.1) is 0 Å². The summed E-state index contributed by atoms with van der Waals surface area (Å²) >= 11 is 0. The number of carbonyl (C=O) groups excluding carboxylic acids is 2. The second-order valence-corrected chi connectivity index (χ2v) is 5.78. The molecule has 0 bridgehead atoms. The first-order valence-electron chi connectivity index (χ1n) is 8.21. The molecule has 0 aliphatic heterocycles. The number of nitrogens with one attached hydrogen (secondary N) is 1. The first-order valence-corrected chi connectivity index (χ1v) is 8.21. The zero-order chi connectivity index (χ0) is 19.0. The van der Waals surface area contributed by atoms with Gasteiger partial charge in [-0.05, 0) is 32.4 Å². The largest absolute Gasteiger partial charge is 0.493 e. The maximum absolute atomic E-state index is 12.9. The lowest BCUT2D eigenvalue weighted by atomic mass is 10.1. The van der Waals surface area contributed by atoms with E-state index in [1.807, 2.05) is 13.8 Å². The van der Waals surface area contributed by atoms with Crippen LogP contribution in [0.3, 0.4) is 0 Å². The van der Waals surface area contributed by atoms with E-state index < -0.39 is 0 Å². The summed E-state index contributed by atoms with van der Waals surface area (Å²) in [7, 11) is 6.13. The number of hydrogen-bond donors (Lipinski definition) is 1. The Morgan fingerprint density at radius 1 is 1.08 bits per heavy atom. The Hall–Kier alpha value is -2.44. The zero-order valence-corrected chi connectivity index (χ0v) is 15.8. The van der Waals surface area contributed by atoms with Crippen LogP contribution in [0.15, 0.2) is 12.1 Å². The zero-order valence-electron chi connectivity index (χ0n) is 15.8. The van der Waals surface area contributed by atoms with Crippen LogP contribution in [0.1, 0.15) is 37.0 Å². The van der Waals surface area contributed by atoms with E-state index in [-0.39, 0.29) is 17.9 Å². The normalized spacial score (nSPS) is 10.4. The van der Waals surface area contributed by atoms with E-state index in [4.69, 9.17) is 14.2 Å². The van der Waals surface area contributed by atoms with Gasteiger partial charge in [0.25, 0.3) is 5.91 Å². The van der Waals surface area contributed by atoms with Crippen molar-refractivity contribution < 1.29 is 23.8 Å². The summed E-state index contributed by atoms with van der Waals surface area (Å²) in [6.45, 7) is 4.37. The molecule has 0 aromatic heterocycles. The van der Waals surface area contributed by atoms with Crippen molar-refractivity contribution in [2.45, 2.75) is 32.7 Å². The number of carbonyl (C=O) groups is 2. The van der Waals surface area contributed by atoms with Gasteiger partial charge in [-0.3, -0.25) is 9.59 Å². The summed E-state index contributed by atoms with van der Waals surface area (Å²) < 4.78 is 15.9. The Morgan fingerprint density at radius 2 is 1.64 bits per heavy atom. The van der Waals surface area contributed by atoms with Crippen LogP contribution in [-0.4, -0.2) is 57.7 Å². The highest BCUT2D eigenvalue weighted by Gasteiger charge is 2.23. The third-order valence-corrected chi connectivity index (χ3v) is 3.88. The van der Waals surface area contributed by atoms with Gasteiger partial charge in [0.05, 0.1) is 21.3 Å². The van der Waals surface area contributed by atoms with Gasteiger partial charge in [-0.1, -0.05) is 0 Å². The molecule has 25 heavy (non-hydrogen) atoms. The van der Waals surface area contributed by atoms with Gasteiger partial charge >= 0.3 is 0 Å². The van der Waals surface area contributed by atoms with E-state index in [2.05, 4.69) is 5.32 Å². The van der Waals surface area contributed by atoms with Crippen LogP contribution in [0.5, 0.6) is 17.2 Å². The molecule has 0 unspecified atom stereocenters. The molecular weight excluding hydrogens is 324 g/mol. The lowest BCUT2D eigenvalue weighted by Crippen LogP contribution is -2.38. The number of methoxy groups -OCH3 is 3. The van der Waals surface area contributed by atoms with Crippen molar-refractivity contribution >= 4 is 11.8 Å². The maximum Gasteiger partial charge on any atom is 0.254 e. The Balaban J connectivity index is 3.06. The van der Waals surface area contributed by atoms with E-state index in [1.165, 1.54) is 21.3 Å². The van der Waals surface area contributed by atoms with E-state index in [1.54, 1.807) is 24.1 Å². The van der Waals surface area contributed by atoms with Gasteiger partial charge in [0.2, 0.25) is 11.7 Å². The molecule has 1 rings (SSSR count). The average Bonchev–Trinajstić information content (AvgIpc) is 2.62. The molecule has 0 radical (unpaired) electrons. The molecule has 1 aromatic rings. The Labute approximate surface area is 149 Å². The van der Waals surface area contributed by atoms with Crippen molar-refractivity contribution in [3.05, 3.63) is 17.7 Å². The molecule has 2 amide bonds. The molecule has 0 fully saturated rings. The minimum atomic E-state index is -0.147. The topological polar surface area (TPSA) is 77.1 Å². The van der Waals surface area contributed by atoms with E-state index in [0.717, 1.165) is 0 Å². The molecule has 0 aliphatic carbocycles. The number of nitrogens with zero attached hydrogens (tertiary/aromatic N) is 1. The predicted octanol–water partition coefficient (Wildman–Crippen LogP) is 2.09. The first kappa shape index (κ1) is 20.6. The molecule has 7 nitrogen and oxygen atoms in total. The van der Waals surface area contributed by atoms with Crippen LogP contribution in [0.4, 0.5) is 0 Å².